The number of ether oxygens (including phenoxy) is 1. The number of ketones is 1. The molecule has 5 rings (SSSR count). The lowest BCUT2D eigenvalue weighted by Crippen LogP contribution is -2.01. The van der Waals surface area contributed by atoms with E-state index in [1.807, 2.05) is 103 Å². The fourth-order valence-electron chi connectivity index (χ4n) is 4.30. The van der Waals surface area contributed by atoms with E-state index in [1.165, 1.54) is 0 Å². The predicted octanol–water partition coefficient (Wildman–Crippen LogP) is 6.80. The van der Waals surface area contributed by atoms with Gasteiger partial charge >= 0.3 is 0 Å². The van der Waals surface area contributed by atoms with Gasteiger partial charge in [-0.1, -0.05) is 103 Å². The number of carbonyl (C=O) groups is 1. The summed E-state index contributed by atoms with van der Waals surface area (Å²) in [6.07, 6.45) is 0. The molecule has 4 aromatic carbocycles. The number of hydrogen-bond acceptors (Lipinski definition) is 2. The van der Waals surface area contributed by atoms with Crippen LogP contribution in [0.4, 0.5) is 0 Å². The molecule has 0 bridgehead atoms. The van der Waals surface area contributed by atoms with Crippen LogP contribution in [0.15, 0.2) is 115 Å². The molecule has 0 fully saturated rings. The highest BCUT2D eigenvalue weighted by atomic mass is 16.5. The van der Waals surface area contributed by atoms with Crippen LogP contribution in [-0.4, -0.2) is 12.9 Å². The molecule has 0 spiro atoms. The zero-order valence-corrected chi connectivity index (χ0v) is 17.8. The molecule has 0 N–H and O–H groups in total. The Labute approximate surface area is 188 Å². The SMILES string of the molecule is COc1ccc(C2=C(c3ccccc3)C(=O)C(c3ccccc3)=C2c2ccccc2)cc1. The molecule has 2 heteroatoms. The van der Waals surface area contributed by atoms with E-state index in [4.69, 9.17) is 4.74 Å². The molecule has 0 atom stereocenters. The summed E-state index contributed by atoms with van der Waals surface area (Å²) in [6.45, 7) is 0. The molecule has 1 aliphatic carbocycles. The molecule has 0 aliphatic heterocycles. The van der Waals surface area contributed by atoms with Crippen LogP contribution >= 0.6 is 0 Å². The average Bonchev–Trinajstić information content (AvgIpc) is 3.18. The van der Waals surface area contributed by atoms with Gasteiger partial charge in [0.1, 0.15) is 5.75 Å². The van der Waals surface area contributed by atoms with Gasteiger partial charge in [-0.15, -0.1) is 0 Å². The summed E-state index contributed by atoms with van der Waals surface area (Å²) >= 11 is 0. The van der Waals surface area contributed by atoms with Crippen LogP contribution in [0.3, 0.4) is 0 Å². The van der Waals surface area contributed by atoms with E-state index in [-0.39, 0.29) is 5.78 Å². The van der Waals surface area contributed by atoms with Crippen molar-refractivity contribution < 1.29 is 9.53 Å². The topological polar surface area (TPSA) is 26.3 Å². The first-order valence-electron chi connectivity index (χ1n) is 10.6. The van der Waals surface area contributed by atoms with Gasteiger partial charge in [0.2, 0.25) is 0 Å². The smallest absolute Gasteiger partial charge is 0.195 e. The van der Waals surface area contributed by atoms with Crippen LogP contribution in [0, 0.1) is 0 Å². The average molecular weight is 415 g/mol. The largest absolute Gasteiger partial charge is 0.497 e. The normalized spacial score (nSPS) is 13.6. The second-order valence-electron chi connectivity index (χ2n) is 7.66. The van der Waals surface area contributed by atoms with Crippen LogP contribution < -0.4 is 4.74 Å². The Hall–Kier alpha value is -4.17. The third-order valence-corrected chi connectivity index (χ3v) is 5.77. The van der Waals surface area contributed by atoms with Gasteiger partial charge in [0.05, 0.1) is 7.11 Å². The Morgan fingerprint density at radius 2 is 0.781 bits per heavy atom. The predicted molar refractivity (Wildman–Crippen MR) is 131 cm³/mol. The van der Waals surface area contributed by atoms with Gasteiger partial charge in [-0.05, 0) is 34.4 Å². The fraction of sp³-hybridized carbons (Fsp3) is 0.0333. The molecule has 154 valence electrons. The summed E-state index contributed by atoms with van der Waals surface area (Å²) in [5, 5.41) is 0. The molecule has 32 heavy (non-hydrogen) atoms. The number of methoxy groups -OCH3 is 1. The second kappa shape index (κ2) is 8.52. The highest BCUT2D eigenvalue weighted by Gasteiger charge is 2.35. The summed E-state index contributed by atoms with van der Waals surface area (Å²) in [5.74, 6) is 0.834. The molecule has 2 nitrogen and oxygen atoms in total. The molecule has 0 saturated carbocycles. The standard InChI is InChI=1S/C30H22O2/c1-32-25-19-17-24(18-20-25)27-26(21-11-5-2-6-12-21)28(22-13-7-3-8-14-22)30(31)29(27)23-15-9-4-10-16-23/h2-20H,1H3. The number of hydrogen-bond donors (Lipinski definition) is 0. The summed E-state index contributed by atoms with van der Waals surface area (Å²) in [6, 6.07) is 38.0. The van der Waals surface area contributed by atoms with Crippen molar-refractivity contribution in [2.45, 2.75) is 0 Å². The molecule has 0 aromatic heterocycles. The minimum atomic E-state index is 0.0482. The van der Waals surface area contributed by atoms with E-state index in [1.54, 1.807) is 7.11 Å². The molecule has 0 unspecified atom stereocenters. The molecule has 0 amide bonds. The Balaban J connectivity index is 1.85. The van der Waals surface area contributed by atoms with E-state index in [0.717, 1.165) is 50.3 Å². The zero-order valence-electron chi connectivity index (χ0n) is 17.8. The van der Waals surface area contributed by atoms with Crippen molar-refractivity contribution in [3.8, 4) is 5.75 Å². The summed E-state index contributed by atoms with van der Waals surface area (Å²) in [7, 11) is 1.66. The molecule has 4 aromatic rings. The first-order valence-corrected chi connectivity index (χ1v) is 10.6. The van der Waals surface area contributed by atoms with Gasteiger partial charge in [-0.2, -0.15) is 0 Å². The maximum absolute atomic E-state index is 14.1. The van der Waals surface area contributed by atoms with Crippen LogP contribution in [-0.2, 0) is 4.79 Å². The maximum atomic E-state index is 14.1. The highest BCUT2D eigenvalue weighted by Crippen LogP contribution is 2.49. The quantitative estimate of drug-likeness (QED) is 0.359. The Kier molecular flexibility index (Phi) is 5.27. The van der Waals surface area contributed by atoms with Crippen molar-refractivity contribution >= 4 is 28.1 Å². The van der Waals surface area contributed by atoms with Gasteiger partial charge in [0.15, 0.2) is 5.78 Å². The molecule has 0 radical (unpaired) electrons. The second-order valence-corrected chi connectivity index (χ2v) is 7.66. The monoisotopic (exact) mass is 414 g/mol. The van der Waals surface area contributed by atoms with Crippen molar-refractivity contribution in [2.24, 2.45) is 0 Å². The highest BCUT2D eigenvalue weighted by molar-refractivity contribution is 6.59. The van der Waals surface area contributed by atoms with Gasteiger partial charge < -0.3 is 4.74 Å². The zero-order chi connectivity index (χ0) is 21.9. The number of Topliss-reactive ketones (excluding diaryl/α,β-unsaturated/α-hetero) is 1. The Morgan fingerprint density at radius 3 is 1.16 bits per heavy atom. The van der Waals surface area contributed by atoms with E-state index in [9.17, 15) is 4.79 Å². The van der Waals surface area contributed by atoms with Crippen molar-refractivity contribution in [3.63, 3.8) is 0 Å². The van der Waals surface area contributed by atoms with Crippen molar-refractivity contribution in [1.29, 1.82) is 0 Å². The van der Waals surface area contributed by atoms with Crippen LogP contribution in [0.5, 0.6) is 5.75 Å². The van der Waals surface area contributed by atoms with E-state index in [2.05, 4.69) is 12.1 Å². The molecular formula is C30H22O2. The Morgan fingerprint density at radius 1 is 0.438 bits per heavy atom. The van der Waals surface area contributed by atoms with Gasteiger partial charge in [-0.25, -0.2) is 0 Å². The van der Waals surface area contributed by atoms with Crippen molar-refractivity contribution in [2.75, 3.05) is 7.11 Å². The third kappa shape index (κ3) is 3.46. The minimum absolute atomic E-state index is 0.0482. The van der Waals surface area contributed by atoms with Gasteiger partial charge in [0.25, 0.3) is 0 Å². The van der Waals surface area contributed by atoms with E-state index in [0.29, 0.717) is 0 Å². The lowest BCUT2D eigenvalue weighted by atomic mass is 9.89. The maximum Gasteiger partial charge on any atom is 0.195 e. The number of allylic oxidation sites excluding steroid dienone is 4. The number of rotatable bonds is 5. The van der Waals surface area contributed by atoms with Gasteiger partial charge in [0, 0.05) is 22.3 Å². The van der Waals surface area contributed by atoms with E-state index >= 15 is 0 Å². The summed E-state index contributed by atoms with van der Waals surface area (Å²) in [5.41, 5.74) is 7.24. The minimum Gasteiger partial charge on any atom is -0.497 e. The van der Waals surface area contributed by atoms with Crippen molar-refractivity contribution in [3.05, 3.63) is 138 Å². The first-order chi connectivity index (χ1) is 15.8. The Bertz CT molecular complexity index is 1310. The van der Waals surface area contributed by atoms with Crippen LogP contribution in [0.2, 0.25) is 0 Å². The van der Waals surface area contributed by atoms with Crippen molar-refractivity contribution in [1.82, 2.24) is 0 Å². The lowest BCUT2D eigenvalue weighted by molar-refractivity contribution is -0.108. The number of carbonyl (C=O) groups excluding carboxylic acids is 1. The molecule has 1 aliphatic rings. The molecular weight excluding hydrogens is 392 g/mol. The van der Waals surface area contributed by atoms with E-state index < -0.39 is 0 Å². The van der Waals surface area contributed by atoms with Crippen LogP contribution in [0.25, 0.3) is 22.3 Å². The number of benzene rings is 4. The fourth-order valence-corrected chi connectivity index (χ4v) is 4.30. The molecule has 0 saturated heterocycles. The summed E-state index contributed by atoms with van der Waals surface area (Å²) < 4.78 is 5.37. The third-order valence-electron chi connectivity index (χ3n) is 5.77. The molecule has 0 heterocycles. The lowest BCUT2D eigenvalue weighted by Gasteiger charge is -2.14. The first kappa shape index (κ1) is 19.8. The summed E-state index contributed by atoms with van der Waals surface area (Å²) in [4.78, 5) is 14.1. The van der Waals surface area contributed by atoms with Gasteiger partial charge in [-0.3, -0.25) is 4.79 Å². The van der Waals surface area contributed by atoms with Crippen LogP contribution in [0.1, 0.15) is 22.3 Å².